The van der Waals surface area contributed by atoms with E-state index in [1.165, 1.54) is 23.2 Å². The molecule has 26 heavy (non-hydrogen) atoms. The van der Waals surface area contributed by atoms with E-state index in [2.05, 4.69) is 14.7 Å². The number of alkyl halides is 3. The number of hydrogen-bond donors (Lipinski definition) is 0. The van der Waals surface area contributed by atoms with Gasteiger partial charge in [-0.3, -0.25) is 4.90 Å². The number of hydrogen-bond acceptors (Lipinski definition) is 5. The van der Waals surface area contributed by atoms with Crippen molar-refractivity contribution < 1.29 is 27.1 Å². The van der Waals surface area contributed by atoms with Crippen LogP contribution in [0.2, 0.25) is 0 Å². The number of nitrogens with zero attached hydrogens (tertiary/aromatic N) is 3. The Bertz CT molecular complexity index is 886. The predicted octanol–water partition coefficient (Wildman–Crippen LogP) is 3.19. The summed E-state index contributed by atoms with van der Waals surface area (Å²) in [6.45, 7) is 1.54. The maximum absolute atomic E-state index is 13.8. The topological polar surface area (TPSA) is 54.3 Å². The zero-order valence-electron chi connectivity index (χ0n) is 13.7. The number of aliphatic imine (C=N–C) groups is 2. The highest BCUT2D eigenvalue weighted by Gasteiger charge is 2.65. The fourth-order valence-electron chi connectivity index (χ4n) is 2.61. The molecular formula is C17H13F4N3O2. The van der Waals surface area contributed by atoms with Gasteiger partial charge in [0.1, 0.15) is 17.5 Å². The van der Waals surface area contributed by atoms with E-state index in [1.807, 2.05) is 0 Å². The number of ether oxygens (including phenoxy) is 1. The van der Waals surface area contributed by atoms with E-state index in [4.69, 9.17) is 0 Å². The number of fused-ring (bicyclic) bond motifs is 1. The largest absolute Gasteiger partial charge is 0.465 e. The molecule has 2 aliphatic rings. The molecule has 2 heterocycles. The number of methoxy groups -OCH3 is 1. The highest BCUT2D eigenvalue weighted by Crippen LogP contribution is 2.40. The lowest BCUT2D eigenvalue weighted by Crippen LogP contribution is -2.56. The van der Waals surface area contributed by atoms with Crippen molar-refractivity contribution in [2.45, 2.75) is 18.8 Å². The highest BCUT2D eigenvalue weighted by atomic mass is 19.4. The monoisotopic (exact) mass is 367 g/mol. The van der Waals surface area contributed by atoms with Crippen molar-refractivity contribution in [3.63, 3.8) is 0 Å². The van der Waals surface area contributed by atoms with Crippen molar-refractivity contribution in [2.75, 3.05) is 7.11 Å². The highest BCUT2D eigenvalue weighted by molar-refractivity contribution is 6.18. The van der Waals surface area contributed by atoms with Crippen molar-refractivity contribution in [1.82, 2.24) is 4.90 Å². The Morgan fingerprint density at radius 3 is 2.54 bits per heavy atom. The summed E-state index contributed by atoms with van der Waals surface area (Å²) in [5.41, 5.74) is -3.02. The molecule has 1 atom stereocenters. The van der Waals surface area contributed by atoms with E-state index in [0.29, 0.717) is 5.57 Å². The van der Waals surface area contributed by atoms with Gasteiger partial charge >= 0.3 is 17.8 Å². The van der Waals surface area contributed by atoms with Crippen LogP contribution in [-0.2, 0) is 9.53 Å². The Hall–Kier alpha value is -2.97. The average molecular weight is 367 g/mol. The summed E-state index contributed by atoms with van der Waals surface area (Å²) in [5, 5.41) is 0. The SMILES string of the molecule is COC(=O)[C@@]1(C(F)(F)F)N=C2C(C)=CC=CN2C(c2cccc(F)c2)=N1. The lowest BCUT2D eigenvalue weighted by molar-refractivity contribution is -0.202. The van der Waals surface area contributed by atoms with Gasteiger partial charge in [-0.1, -0.05) is 18.2 Å². The fraction of sp³-hybridized carbons (Fsp3) is 0.235. The van der Waals surface area contributed by atoms with Gasteiger partial charge < -0.3 is 4.74 Å². The van der Waals surface area contributed by atoms with Gasteiger partial charge in [-0.05, 0) is 30.7 Å². The van der Waals surface area contributed by atoms with Gasteiger partial charge in [0.2, 0.25) is 0 Å². The number of rotatable bonds is 2. The van der Waals surface area contributed by atoms with Gasteiger partial charge in [0.15, 0.2) is 0 Å². The van der Waals surface area contributed by atoms with Gasteiger partial charge in [0.25, 0.3) is 0 Å². The molecule has 0 unspecified atom stereocenters. The smallest absolute Gasteiger partial charge is 0.445 e. The van der Waals surface area contributed by atoms with Crippen LogP contribution in [0.3, 0.4) is 0 Å². The minimum Gasteiger partial charge on any atom is -0.465 e. The van der Waals surface area contributed by atoms with Crippen molar-refractivity contribution in [1.29, 1.82) is 0 Å². The van der Waals surface area contributed by atoms with Crippen LogP contribution in [0.1, 0.15) is 12.5 Å². The minimum atomic E-state index is -5.15. The number of esters is 1. The average Bonchev–Trinajstić information content (AvgIpc) is 2.59. The van der Waals surface area contributed by atoms with Crippen LogP contribution in [0.5, 0.6) is 0 Å². The number of halogens is 4. The third kappa shape index (κ3) is 2.69. The second kappa shape index (κ2) is 6.08. The lowest BCUT2D eigenvalue weighted by atomic mass is 10.0. The molecule has 0 aliphatic carbocycles. The Labute approximate surface area is 146 Å². The molecule has 0 N–H and O–H groups in total. The summed E-state index contributed by atoms with van der Waals surface area (Å²) >= 11 is 0. The second-order valence-corrected chi connectivity index (χ2v) is 5.60. The third-order valence-corrected chi connectivity index (χ3v) is 3.87. The number of carbonyl (C=O) groups is 1. The Balaban J connectivity index is 2.31. The summed E-state index contributed by atoms with van der Waals surface area (Å²) in [6, 6.07) is 4.91. The molecule has 0 bridgehead atoms. The second-order valence-electron chi connectivity index (χ2n) is 5.60. The van der Waals surface area contributed by atoms with Crippen LogP contribution >= 0.6 is 0 Å². The molecular weight excluding hydrogens is 354 g/mol. The minimum absolute atomic E-state index is 0.0641. The van der Waals surface area contributed by atoms with E-state index in [0.717, 1.165) is 19.2 Å². The van der Waals surface area contributed by atoms with E-state index in [1.54, 1.807) is 19.1 Å². The van der Waals surface area contributed by atoms with Gasteiger partial charge in [0, 0.05) is 11.8 Å². The first kappa shape index (κ1) is 17.8. The molecule has 0 spiro atoms. The molecule has 2 aliphatic heterocycles. The molecule has 0 fully saturated rings. The van der Waals surface area contributed by atoms with Crippen molar-refractivity contribution in [2.24, 2.45) is 9.98 Å². The van der Waals surface area contributed by atoms with Crippen LogP contribution in [-0.4, -0.2) is 41.5 Å². The molecule has 0 saturated carbocycles. The zero-order chi connectivity index (χ0) is 19.1. The zero-order valence-corrected chi connectivity index (χ0v) is 13.7. The third-order valence-electron chi connectivity index (χ3n) is 3.87. The predicted molar refractivity (Wildman–Crippen MR) is 85.9 cm³/mol. The maximum Gasteiger partial charge on any atom is 0.445 e. The number of amidine groups is 2. The fourth-order valence-corrected chi connectivity index (χ4v) is 2.61. The molecule has 3 rings (SSSR count). The molecule has 0 amide bonds. The Morgan fingerprint density at radius 2 is 1.92 bits per heavy atom. The van der Waals surface area contributed by atoms with Crippen LogP contribution in [0.25, 0.3) is 0 Å². The van der Waals surface area contributed by atoms with Crippen molar-refractivity contribution >= 4 is 17.6 Å². The van der Waals surface area contributed by atoms with Crippen LogP contribution in [0.15, 0.2) is 58.2 Å². The summed E-state index contributed by atoms with van der Waals surface area (Å²) in [6.07, 6.45) is -0.587. The first-order valence-electron chi connectivity index (χ1n) is 7.45. The molecule has 1 aromatic rings. The molecule has 0 aromatic heterocycles. The number of allylic oxidation sites excluding steroid dienone is 2. The molecule has 1 aromatic carbocycles. The van der Waals surface area contributed by atoms with E-state index >= 15 is 0 Å². The summed E-state index contributed by atoms with van der Waals surface area (Å²) < 4.78 is 59.5. The standard InChI is InChI=1S/C17H13F4N3O2/c1-10-5-4-8-24-13(10)22-16(15(25)26-2,17(19,20)21)23-14(24)11-6-3-7-12(18)9-11/h3-9H,1-2H3/t16-/m1/s1. The van der Waals surface area contributed by atoms with Crippen LogP contribution in [0.4, 0.5) is 17.6 Å². The maximum atomic E-state index is 13.8. The van der Waals surface area contributed by atoms with Gasteiger partial charge in [-0.15, -0.1) is 0 Å². The van der Waals surface area contributed by atoms with Gasteiger partial charge in [-0.25, -0.2) is 19.2 Å². The quantitative estimate of drug-likeness (QED) is 0.596. The van der Waals surface area contributed by atoms with E-state index in [-0.39, 0.29) is 17.2 Å². The van der Waals surface area contributed by atoms with Crippen molar-refractivity contribution in [3.8, 4) is 0 Å². The van der Waals surface area contributed by atoms with Crippen molar-refractivity contribution in [3.05, 3.63) is 59.6 Å². The first-order valence-corrected chi connectivity index (χ1v) is 7.45. The molecule has 5 nitrogen and oxygen atoms in total. The molecule has 0 saturated heterocycles. The molecule has 0 radical (unpaired) electrons. The summed E-state index contributed by atoms with van der Waals surface area (Å²) in [4.78, 5) is 20.5. The molecule has 9 heteroatoms. The Morgan fingerprint density at radius 1 is 1.23 bits per heavy atom. The Kier molecular flexibility index (Phi) is 4.17. The van der Waals surface area contributed by atoms with Gasteiger partial charge in [-0.2, -0.15) is 13.2 Å². The van der Waals surface area contributed by atoms with Crippen LogP contribution < -0.4 is 0 Å². The van der Waals surface area contributed by atoms with E-state index < -0.39 is 23.6 Å². The molecule has 136 valence electrons. The number of benzene rings is 1. The lowest BCUT2D eigenvalue weighted by Gasteiger charge is -2.37. The van der Waals surface area contributed by atoms with Crippen LogP contribution in [0, 0.1) is 5.82 Å². The van der Waals surface area contributed by atoms with E-state index in [9.17, 15) is 22.4 Å². The number of carbonyl (C=O) groups excluding carboxylic acids is 1. The normalized spacial score (nSPS) is 22.2. The van der Waals surface area contributed by atoms with Gasteiger partial charge in [0.05, 0.1) is 7.11 Å². The summed E-state index contributed by atoms with van der Waals surface area (Å²) in [5.74, 6) is -2.71. The first-order chi connectivity index (χ1) is 12.2. The summed E-state index contributed by atoms with van der Waals surface area (Å²) in [7, 11) is 0.823.